The topological polar surface area (TPSA) is 89.8 Å². The van der Waals surface area contributed by atoms with Crippen molar-refractivity contribution in [2.24, 2.45) is 0 Å². The molecule has 1 aromatic carbocycles. The molecular weight excluding hydrogens is 385 g/mol. The number of benzene rings is 1. The molecule has 0 saturated heterocycles. The lowest BCUT2D eigenvalue weighted by atomic mass is 10.1. The normalized spacial score (nSPS) is 22.5. The van der Waals surface area contributed by atoms with E-state index in [0.29, 0.717) is 27.7 Å². The summed E-state index contributed by atoms with van der Waals surface area (Å²) in [5.41, 5.74) is 1.13. The van der Waals surface area contributed by atoms with Gasteiger partial charge in [-0.3, -0.25) is 0 Å². The first-order chi connectivity index (χ1) is 13.5. The van der Waals surface area contributed by atoms with Crippen LogP contribution < -0.4 is 14.8 Å². The number of hydrogen-bond acceptors (Lipinski definition) is 6. The van der Waals surface area contributed by atoms with Crippen LogP contribution in [-0.4, -0.2) is 45.2 Å². The summed E-state index contributed by atoms with van der Waals surface area (Å²) in [5, 5.41) is 7.44. The van der Waals surface area contributed by atoms with Crippen LogP contribution in [0.1, 0.15) is 18.5 Å². The van der Waals surface area contributed by atoms with Gasteiger partial charge in [0.25, 0.3) is 0 Å². The Morgan fingerprint density at radius 3 is 3.11 bits per heavy atom. The van der Waals surface area contributed by atoms with Crippen molar-refractivity contribution in [3.63, 3.8) is 0 Å². The lowest BCUT2D eigenvalue weighted by molar-refractivity contribution is 0.0832. The van der Waals surface area contributed by atoms with E-state index in [1.54, 1.807) is 30.0 Å². The van der Waals surface area contributed by atoms with Crippen molar-refractivity contribution in [1.29, 1.82) is 0 Å². The first-order valence-corrected chi connectivity index (χ1v) is 9.91. The summed E-state index contributed by atoms with van der Waals surface area (Å²) in [7, 11) is 0.0293. The monoisotopic (exact) mass is 405 g/mol. The van der Waals surface area contributed by atoms with Crippen LogP contribution in [0.4, 0.5) is 10.2 Å². The van der Waals surface area contributed by atoms with Gasteiger partial charge in [-0.25, -0.2) is 22.8 Å². The number of anilines is 1. The van der Waals surface area contributed by atoms with E-state index in [0.717, 1.165) is 0 Å². The van der Waals surface area contributed by atoms with Gasteiger partial charge in [-0.05, 0) is 31.2 Å². The Balaban J connectivity index is 1.80. The molecular formula is C18H20FN5O3S. The number of nitrogens with one attached hydrogen (secondary N) is 2. The van der Waals surface area contributed by atoms with Crippen LogP contribution in [0.3, 0.4) is 0 Å². The molecule has 1 aliphatic rings. The van der Waals surface area contributed by atoms with Gasteiger partial charge in [0.05, 0.1) is 18.8 Å². The van der Waals surface area contributed by atoms with Gasteiger partial charge in [-0.1, -0.05) is 0 Å². The molecule has 4 rings (SSSR count). The molecule has 0 amide bonds. The molecule has 0 spiro atoms. The van der Waals surface area contributed by atoms with E-state index in [4.69, 9.17) is 9.47 Å². The summed E-state index contributed by atoms with van der Waals surface area (Å²) in [6.07, 6.45) is 2.83. The standard InChI is InChI=1S/C18H20FN5O3S/c1-11-14-7-12(19)3-4-15(14)27-13(10-26-2)8-21-28(25)16-9-20-24-6-5-17(22-11)23-18(16)24/h3-7,9,11,13,21H,8,10H2,1-2H3,(H,22,23)/t11-,13+,28?/m1/s1. The van der Waals surface area contributed by atoms with Crippen molar-refractivity contribution in [2.45, 2.75) is 24.0 Å². The summed E-state index contributed by atoms with van der Waals surface area (Å²) in [4.78, 5) is 5.00. The largest absolute Gasteiger partial charge is 0.486 e. The summed E-state index contributed by atoms with van der Waals surface area (Å²) in [5.74, 6) is 0.727. The Bertz CT molecular complexity index is 1030. The van der Waals surface area contributed by atoms with E-state index in [9.17, 15) is 8.60 Å². The fourth-order valence-electron chi connectivity index (χ4n) is 3.07. The van der Waals surface area contributed by atoms with E-state index >= 15 is 0 Å². The van der Waals surface area contributed by atoms with Crippen LogP contribution in [-0.2, 0) is 15.7 Å². The number of nitrogens with zero attached hydrogens (tertiary/aromatic N) is 3. The minimum absolute atomic E-state index is 0.260. The molecule has 8 nitrogen and oxygen atoms in total. The van der Waals surface area contributed by atoms with E-state index in [-0.39, 0.29) is 25.0 Å². The molecule has 148 valence electrons. The zero-order chi connectivity index (χ0) is 19.7. The molecule has 10 heteroatoms. The molecule has 1 aliphatic heterocycles. The average Bonchev–Trinajstić information content (AvgIpc) is 3.10. The highest BCUT2D eigenvalue weighted by Crippen LogP contribution is 2.30. The quantitative estimate of drug-likeness (QED) is 0.678. The van der Waals surface area contributed by atoms with Crippen LogP contribution >= 0.6 is 0 Å². The highest BCUT2D eigenvalue weighted by molar-refractivity contribution is 7.83. The van der Waals surface area contributed by atoms with Crippen molar-refractivity contribution >= 4 is 22.5 Å². The Morgan fingerprint density at radius 2 is 2.29 bits per heavy atom. The van der Waals surface area contributed by atoms with E-state index in [1.165, 1.54) is 18.3 Å². The predicted octanol–water partition coefficient (Wildman–Crippen LogP) is 2.06. The number of fused-ring (bicyclic) bond motifs is 2. The van der Waals surface area contributed by atoms with Crippen LogP contribution in [0.25, 0.3) is 5.65 Å². The minimum atomic E-state index is -1.53. The molecule has 0 aliphatic carbocycles. The van der Waals surface area contributed by atoms with E-state index in [1.807, 2.05) is 6.92 Å². The van der Waals surface area contributed by atoms with Gasteiger partial charge in [0.2, 0.25) is 0 Å². The second-order valence-corrected chi connectivity index (χ2v) is 7.72. The molecule has 2 bridgehead atoms. The number of hydrogen-bond donors (Lipinski definition) is 2. The average molecular weight is 405 g/mol. The van der Waals surface area contributed by atoms with Gasteiger partial charge < -0.3 is 14.8 Å². The van der Waals surface area contributed by atoms with Crippen molar-refractivity contribution in [3.8, 4) is 5.75 Å². The van der Waals surface area contributed by atoms with Crippen molar-refractivity contribution < 1.29 is 18.1 Å². The molecule has 1 unspecified atom stereocenters. The van der Waals surface area contributed by atoms with Crippen LogP contribution in [0.15, 0.2) is 41.6 Å². The van der Waals surface area contributed by atoms with Crippen molar-refractivity contribution in [1.82, 2.24) is 19.3 Å². The second kappa shape index (κ2) is 7.82. The highest BCUT2D eigenvalue weighted by Gasteiger charge is 2.21. The van der Waals surface area contributed by atoms with Gasteiger partial charge in [0.15, 0.2) is 5.65 Å². The van der Waals surface area contributed by atoms with Gasteiger partial charge >= 0.3 is 0 Å². The maximum absolute atomic E-state index is 13.9. The number of rotatable bonds is 2. The maximum atomic E-state index is 13.9. The Labute approximate surface area is 163 Å². The Morgan fingerprint density at radius 1 is 1.43 bits per heavy atom. The Hall–Kier alpha value is -2.56. The molecule has 3 atom stereocenters. The molecule has 3 aromatic rings. The summed E-state index contributed by atoms with van der Waals surface area (Å²) in [6.45, 7) is 2.43. The van der Waals surface area contributed by atoms with Gasteiger partial charge in [0, 0.05) is 25.4 Å². The number of methoxy groups -OCH3 is 1. The molecule has 0 saturated carbocycles. The zero-order valence-electron chi connectivity index (χ0n) is 15.4. The fourth-order valence-corrected chi connectivity index (χ4v) is 4.01. The van der Waals surface area contributed by atoms with Crippen LogP contribution in [0.2, 0.25) is 0 Å². The van der Waals surface area contributed by atoms with Gasteiger partial charge in [-0.15, -0.1) is 0 Å². The summed E-state index contributed by atoms with van der Waals surface area (Å²) in [6, 6.07) is 5.85. The van der Waals surface area contributed by atoms with Crippen molar-refractivity contribution in [2.75, 3.05) is 25.6 Å². The SMILES string of the molecule is COC[C@@H]1CNS(=O)c2cnn3ccc(nc23)N[C@H](C)c2cc(F)ccc2O1. The first kappa shape index (κ1) is 18.8. The molecule has 2 N–H and O–H groups in total. The Kier molecular flexibility index (Phi) is 5.25. The van der Waals surface area contributed by atoms with E-state index < -0.39 is 17.1 Å². The van der Waals surface area contributed by atoms with Gasteiger partial charge in [-0.2, -0.15) is 5.10 Å². The van der Waals surface area contributed by atoms with Crippen molar-refractivity contribution in [3.05, 3.63) is 48.0 Å². The molecule has 28 heavy (non-hydrogen) atoms. The maximum Gasteiger partial charge on any atom is 0.174 e. The second-order valence-electron chi connectivity index (χ2n) is 6.45. The summed E-state index contributed by atoms with van der Waals surface area (Å²) >= 11 is 0. The molecule has 0 fully saturated rings. The fraction of sp³-hybridized carbons (Fsp3) is 0.333. The predicted molar refractivity (Wildman–Crippen MR) is 102 cm³/mol. The van der Waals surface area contributed by atoms with Crippen LogP contribution in [0, 0.1) is 5.82 Å². The number of halogens is 1. The number of ether oxygens (including phenoxy) is 2. The molecule has 3 heterocycles. The minimum Gasteiger partial charge on any atom is -0.486 e. The first-order valence-electron chi connectivity index (χ1n) is 8.76. The summed E-state index contributed by atoms with van der Waals surface area (Å²) < 4.78 is 42.5. The van der Waals surface area contributed by atoms with E-state index in [2.05, 4.69) is 20.1 Å². The third-order valence-corrected chi connectivity index (χ3v) is 5.54. The highest BCUT2D eigenvalue weighted by atomic mass is 32.2. The third-order valence-electron chi connectivity index (χ3n) is 4.43. The lowest BCUT2D eigenvalue weighted by Gasteiger charge is -2.23. The molecule has 0 radical (unpaired) electrons. The third kappa shape index (κ3) is 3.71. The lowest BCUT2D eigenvalue weighted by Crippen LogP contribution is -2.36. The van der Waals surface area contributed by atoms with Crippen LogP contribution in [0.5, 0.6) is 5.75 Å². The smallest absolute Gasteiger partial charge is 0.174 e. The number of aromatic nitrogens is 3. The zero-order valence-corrected chi connectivity index (χ0v) is 16.2. The van der Waals surface area contributed by atoms with Gasteiger partial charge in [0.1, 0.15) is 39.4 Å². The molecule has 2 aromatic heterocycles.